The summed E-state index contributed by atoms with van der Waals surface area (Å²) in [4.78, 5) is 10.8. The fourth-order valence-corrected chi connectivity index (χ4v) is 1.73. The van der Waals surface area contributed by atoms with Crippen LogP contribution in [0.5, 0.6) is 5.75 Å². The average molecular weight is 243 g/mol. The maximum Gasteiger partial charge on any atom is 0.154 e. The number of benzene rings is 1. The van der Waals surface area contributed by atoms with Gasteiger partial charge in [-0.25, -0.2) is 0 Å². The maximum atomic E-state index is 10.8. The summed E-state index contributed by atoms with van der Waals surface area (Å²) in [5, 5.41) is 0. The van der Waals surface area contributed by atoms with Gasteiger partial charge in [0.1, 0.15) is 5.75 Å². The van der Waals surface area contributed by atoms with Crippen molar-refractivity contribution in [1.82, 2.24) is 0 Å². The van der Waals surface area contributed by atoms with Crippen molar-refractivity contribution in [2.45, 2.75) is 13.3 Å². The molecule has 70 valence electrons. The van der Waals surface area contributed by atoms with Crippen LogP contribution in [0.2, 0.25) is 0 Å². The Morgan fingerprint density at radius 3 is 2.69 bits per heavy atom. The normalized spacial score (nSPS) is 9.77. The van der Waals surface area contributed by atoms with Crippen LogP contribution in [0.4, 0.5) is 0 Å². The predicted octanol–water partition coefficient (Wildman–Crippen LogP) is 2.83. The van der Waals surface area contributed by atoms with E-state index in [4.69, 9.17) is 4.74 Å². The SMILES string of the molecule is CCc1cc(Br)cc(OC)c1C=O. The second-order valence-corrected chi connectivity index (χ2v) is 3.57. The molecule has 0 spiro atoms. The lowest BCUT2D eigenvalue weighted by Crippen LogP contribution is -1.96. The number of carbonyl (C=O) groups excluding carboxylic acids is 1. The summed E-state index contributed by atoms with van der Waals surface area (Å²) >= 11 is 3.36. The van der Waals surface area contributed by atoms with E-state index in [2.05, 4.69) is 15.9 Å². The van der Waals surface area contributed by atoms with Crippen LogP contribution in [0.1, 0.15) is 22.8 Å². The van der Waals surface area contributed by atoms with Crippen molar-refractivity contribution in [2.75, 3.05) is 7.11 Å². The van der Waals surface area contributed by atoms with Crippen molar-refractivity contribution >= 4 is 22.2 Å². The quantitative estimate of drug-likeness (QED) is 0.763. The molecule has 0 fully saturated rings. The fraction of sp³-hybridized carbons (Fsp3) is 0.300. The van der Waals surface area contributed by atoms with Crippen molar-refractivity contribution in [3.05, 3.63) is 27.7 Å². The Balaban J connectivity index is 3.33. The van der Waals surface area contributed by atoms with Crippen LogP contribution < -0.4 is 4.74 Å². The van der Waals surface area contributed by atoms with Crippen LogP contribution in [0.15, 0.2) is 16.6 Å². The molecular formula is C10H11BrO2. The summed E-state index contributed by atoms with van der Waals surface area (Å²) in [6, 6.07) is 3.73. The van der Waals surface area contributed by atoms with Gasteiger partial charge in [0.05, 0.1) is 12.7 Å². The Labute approximate surface area is 86.0 Å². The van der Waals surface area contributed by atoms with Gasteiger partial charge < -0.3 is 4.74 Å². The number of hydrogen-bond acceptors (Lipinski definition) is 2. The molecule has 0 aromatic heterocycles. The van der Waals surface area contributed by atoms with E-state index in [0.29, 0.717) is 11.3 Å². The van der Waals surface area contributed by atoms with Gasteiger partial charge in [0.25, 0.3) is 0 Å². The molecule has 0 saturated carbocycles. The first-order valence-corrected chi connectivity index (χ1v) is 4.83. The molecule has 0 N–H and O–H groups in total. The average Bonchev–Trinajstić information content (AvgIpc) is 2.16. The van der Waals surface area contributed by atoms with Crippen molar-refractivity contribution in [1.29, 1.82) is 0 Å². The zero-order valence-corrected chi connectivity index (χ0v) is 9.22. The lowest BCUT2D eigenvalue weighted by atomic mass is 10.1. The fourth-order valence-electron chi connectivity index (χ4n) is 1.24. The van der Waals surface area contributed by atoms with Gasteiger partial charge in [-0.1, -0.05) is 22.9 Å². The Hall–Kier alpha value is -0.830. The Morgan fingerprint density at radius 1 is 1.54 bits per heavy atom. The van der Waals surface area contributed by atoms with Gasteiger partial charge in [0, 0.05) is 4.47 Å². The molecule has 1 aromatic rings. The van der Waals surface area contributed by atoms with E-state index in [9.17, 15) is 4.79 Å². The number of methoxy groups -OCH3 is 1. The van der Waals surface area contributed by atoms with Gasteiger partial charge in [-0.2, -0.15) is 0 Å². The maximum absolute atomic E-state index is 10.8. The predicted molar refractivity (Wildman–Crippen MR) is 55.5 cm³/mol. The molecule has 0 atom stereocenters. The van der Waals surface area contributed by atoms with Crippen molar-refractivity contribution in [2.24, 2.45) is 0 Å². The first-order valence-electron chi connectivity index (χ1n) is 4.04. The first kappa shape index (κ1) is 10.3. The standard InChI is InChI=1S/C10H11BrO2/c1-3-7-4-8(11)5-10(13-2)9(7)6-12/h4-6H,3H2,1-2H3. The van der Waals surface area contributed by atoms with E-state index in [1.165, 1.54) is 0 Å². The lowest BCUT2D eigenvalue weighted by Gasteiger charge is -2.08. The van der Waals surface area contributed by atoms with E-state index in [0.717, 1.165) is 22.7 Å². The van der Waals surface area contributed by atoms with Crippen LogP contribution >= 0.6 is 15.9 Å². The number of aryl methyl sites for hydroxylation is 1. The molecule has 0 aliphatic rings. The number of ether oxygens (including phenoxy) is 1. The third-order valence-corrected chi connectivity index (χ3v) is 2.37. The third-order valence-electron chi connectivity index (χ3n) is 1.91. The van der Waals surface area contributed by atoms with E-state index in [1.807, 2.05) is 13.0 Å². The van der Waals surface area contributed by atoms with Crippen molar-refractivity contribution in [3.8, 4) is 5.75 Å². The molecule has 1 rings (SSSR count). The Morgan fingerprint density at radius 2 is 2.23 bits per heavy atom. The summed E-state index contributed by atoms with van der Waals surface area (Å²) in [6.07, 6.45) is 1.66. The number of aldehydes is 1. The monoisotopic (exact) mass is 242 g/mol. The molecule has 0 saturated heterocycles. The molecule has 13 heavy (non-hydrogen) atoms. The molecule has 0 bridgehead atoms. The highest BCUT2D eigenvalue weighted by Gasteiger charge is 2.08. The summed E-state index contributed by atoms with van der Waals surface area (Å²) < 4.78 is 6.04. The minimum atomic E-state index is 0.626. The Bertz CT molecular complexity index is 296. The highest BCUT2D eigenvalue weighted by molar-refractivity contribution is 9.10. The third kappa shape index (κ3) is 2.10. The second-order valence-electron chi connectivity index (χ2n) is 2.65. The minimum absolute atomic E-state index is 0.626. The smallest absolute Gasteiger partial charge is 0.154 e. The van der Waals surface area contributed by atoms with Gasteiger partial charge in [-0.3, -0.25) is 4.79 Å². The van der Waals surface area contributed by atoms with Crippen molar-refractivity contribution < 1.29 is 9.53 Å². The molecule has 0 unspecified atom stereocenters. The molecule has 0 aliphatic carbocycles. The highest BCUT2D eigenvalue weighted by Crippen LogP contribution is 2.26. The van der Waals surface area contributed by atoms with E-state index in [1.54, 1.807) is 13.2 Å². The molecular weight excluding hydrogens is 232 g/mol. The summed E-state index contributed by atoms with van der Waals surface area (Å²) in [7, 11) is 1.56. The molecule has 0 amide bonds. The van der Waals surface area contributed by atoms with E-state index >= 15 is 0 Å². The molecule has 3 heteroatoms. The second kappa shape index (κ2) is 4.42. The summed E-state index contributed by atoms with van der Waals surface area (Å²) in [5.41, 5.74) is 1.65. The van der Waals surface area contributed by atoms with E-state index < -0.39 is 0 Å². The van der Waals surface area contributed by atoms with Gasteiger partial charge in [-0.15, -0.1) is 0 Å². The van der Waals surface area contributed by atoms with Gasteiger partial charge >= 0.3 is 0 Å². The topological polar surface area (TPSA) is 26.3 Å². The van der Waals surface area contributed by atoms with Crippen LogP contribution in [0, 0.1) is 0 Å². The van der Waals surface area contributed by atoms with Crippen molar-refractivity contribution in [3.63, 3.8) is 0 Å². The minimum Gasteiger partial charge on any atom is -0.496 e. The number of halogens is 1. The molecule has 2 nitrogen and oxygen atoms in total. The number of rotatable bonds is 3. The summed E-state index contributed by atoms with van der Waals surface area (Å²) in [5.74, 6) is 0.626. The van der Waals surface area contributed by atoms with Crippen LogP contribution in [-0.2, 0) is 6.42 Å². The Kier molecular flexibility index (Phi) is 3.48. The lowest BCUT2D eigenvalue weighted by molar-refractivity contribution is 0.111. The first-order chi connectivity index (χ1) is 6.22. The molecule has 0 radical (unpaired) electrons. The number of carbonyl (C=O) groups is 1. The van der Waals surface area contributed by atoms with E-state index in [-0.39, 0.29) is 0 Å². The zero-order chi connectivity index (χ0) is 9.84. The van der Waals surface area contributed by atoms with Gasteiger partial charge in [-0.05, 0) is 24.1 Å². The largest absolute Gasteiger partial charge is 0.496 e. The highest BCUT2D eigenvalue weighted by atomic mass is 79.9. The van der Waals surface area contributed by atoms with Gasteiger partial charge in [0.2, 0.25) is 0 Å². The van der Waals surface area contributed by atoms with Crippen LogP contribution in [0.3, 0.4) is 0 Å². The van der Waals surface area contributed by atoms with Gasteiger partial charge in [0.15, 0.2) is 6.29 Å². The molecule has 0 heterocycles. The van der Waals surface area contributed by atoms with Crippen LogP contribution in [-0.4, -0.2) is 13.4 Å². The zero-order valence-electron chi connectivity index (χ0n) is 7.63. The molecule has 1 aromatic carbocycles. The van der Waals surface area contributed by atoms with Crippen LogP contribution in [0.25, 0.3) is 0 Å². The molecule has 0 aliphatic heterocycles. The number of hydrogen-bond donors (Lipinski definition) is 0. The summed E-state index contributed by atoms with van der Waals surface area (Å²) in [6.45, 7) is 2.01.